The minimum absolute atomic E-state index is 0.00211. The molecule has 8 heteroatoms. The van der Waals surface area contributed by atoms with Crippen LogP contribution in [0.4, 0.5) is 4.39 Å². The van der Waals surface area contributed by atoms with E-state index in [4.69, 9.17) is 0 Å². The Hall–Kier alpha value is -1.51. The summed E-state index contributed by atoms with van der Waals surface area (Å²) in [6, 6.07) is 5.10. The number of benzene rings is 1. The number of esters is 1. The van der Waals surface area contributed by atoms with E-state index >= 15 is 0 Å². The highest BCUT2D eigenvalue weighted by molar-refractivity contribution is 7.87. The Kier molecular flexibility index (Phi) is 6.25. The Labute approximate surface area is 124 Å². The summed E-state index contributed by atoms with van der Waals surface area (Å²) in [5.74, 6) is -0.923. The van der Waals surface area contributed by atoms with Gasteiger partial charge in [0.15, 0.2) is 0 Å². The van der Waals surface area contributed by atoms with Crippen LogP contribution in [0.5, 0.6) is 0 Å². The number of nitrogens with one attached hydrogen (secondary N) is 1. The first kappa shape index (κ1) is 17.5. The van der Waals surface area contributed by atoms with Gasteiger partial charge in [0, 0.05) is 19.6 Å². The zero-order valence-electron chi connectivity index (χ0n) is 12.2. The van der Waals surface area contributed by atoms with E-state index in [1.54, 1.807) is 13.0 Å². The predicted octanol–water partition coefficient (Wildman–Crippen LogP) is 1.22. The van der Waals surface area contributed by atoms with Gasteiger partial charge in [0.1, 0.15) is 5.82 Å². The van der Waals surface area contributed by atoms with Gasteiger partial charge in [-0.3, -0.25) is 4.79 Å². The molecule has 1 rings (SSSR count). The Morgan fingerprint density at radius 3 is 2.71 bits per heavy atom. The molecule has 1 aromatic carbocycles. The van der Waals surface area contributed by atoms with Crippen LogP contribution in [-0.4, -0.2) is 39.4 Å². The Bertz CT molecular complexity index is 592. The molecule has 0 aliphatic carbocycles. The predicted molar refractivity (Wildman–Crippen MR) is 76.1 cm³/mol. The maximum atomic E-state index is 13.1. The van der Waals surface area contributed by atoms with Crippen LogP contribution in [0.25, 0.3) is 0 Å². The number of hydrogen-bond acceptors (Lipinski definition) is 4. The average Bonchev–Trinajstić information content (AvgIpc) is 2.43. The molecule has 0 unspecified atom stereocenters. The first-order valence-electron chi connectivity index (χ1n) is 6.32. The van der Waals surface area contributed by atoms with Gasteiger partial charge in [-0.05, 0) is 24.6 Å². The second-order valence-electron chi connectivity index (χ2n) is 4.55. The minimum Gasteiger partial charge on any atom is -0.469 e. The molecule has 0 saturated heterocycles. The van der Waals surface area contributed by atoms with Crippen molar-refractivity contribution >= 4 is 16.2 Å². The molecule has 0 fully saturated rings. The fraction of sp³-hybridized carbons (Fsp3) is 0.462. The lowest BCUT2D eigenvalue weighted by Gasteiger charge is -2.21. The SMILES string of the molecule is COC(=O)CCN(C)S(=O)(=O)N[C@H](C)c1cccc(F)c1. The number of methoxy groups -OCH3 is 1. The molecule has 6 nitrogen and oxygen atoms in total. The fourth-order valence-electron chi connectivity index (χ4n) is 1.63. The maximum absolute atomic E-state index is 13.1. The molecule has 1 N–H and O–H groups in total. The largest absolute Gasteiger partial charge is 0.469 e. The molecule has 0 saturated carbocycles. The van der Waals surface area contributed by atoms with Gasteiger partial charge in [-0.15, -0.1) is 0 Å². The zero-order chi connectivity index (χ0) is 16.0. The molecule has 21 heavy (non-hydrogen) atoms. The number of carbonyl (C=O) groups excluding carboxylic acids is 1. The third kappa shape index (κ3) is 5.41. The lowest BCUT2D eigenvalue weighted by molar-refractivity contribution is -0.140. The van der Waals surface area contributed by atoms with Crippen LogP contribution in [0, 0.1) is 5.82 Å². The van der Waals surface area contributed by atoms with E-state index in [1.165, 1.54) is 32.4 Å². The molecule has 118 valence electrons. The van der Waals surface area contributed by atoms with Gasteiger partial charge in [-0.1, -0.05) is 12.1 Å². The van der Waals surface area contributed by atoms with Crippen LogP contribution in [0.1, 0.15) is 24.9 Å². The fourth-order valence-corrected chi connectivity index (χ4v) is 2.72. The van der Waals surface area contributed by atoms with E-state index in [2.05, 4.69) is 9.46 Å². The van der Waals surface area contributed by atoms with Gasteiger partial charge in [-0.2, -0.15) is 17.4 Å². The van der Waals surface area contributed by atoms with Gasteiger partial charge in [0.2, 0.25) is 0 Å². The summed E-state index contributed by atoms with van der Waals surface area (Å²) in [6.07, 6.45) is -0.0394. The Balaban J connectivity index is 2.68. The molecule has 1 atom stereocenters. The van der Waals surface area contributed by atoms with Crippen molar-refractivity contribution in [3.63, 3.8) is 0 Å². The monoisotopic (exact) mass is 318 g/mol. The number of ether oxygens (including phenoxy) is 1. The number of halogens is 1. The maximum Gasteiger partial charge on any atom is 0.306 e. The highest BCUT2D eigenvalue weighted by Crippen LogP contribution is 2.15. The van der Waals surface area contributed by atoms with E-state index in [0.29, 0.717) is 5.56 Å². The molecule has 0 bridgehead atoms. The van der Waals surface area contributed by atoms with Crippen molar-refractivity contribution in [1.29, 1.82) is 0 Å². The molecule has 0 heterocycles. The summed E-state index contributed by atoms with van der Waals surface area (Å²) in [7, 11) is -1.18. The zero-order valence-corrected chi connectivity index (χ0v) is 13.0. The van der Waals surface area contributed by atoms with Crippen LogP contribution in [0.2, 0.25) is 0 Å². The minimum atomic E-state index is -3.77. The first-order chi connectivity index (χ1) is 9.76. The summed E-state index contributed by atoms with van der Waals surface area (Å²) >= 11 is 0. The third-order valence-corrected chi connectivity index (χ3v) is 4.60. The van der Waals surface area contributed by atoms with Crippen LogP contribution in [0.3, 0.4) is 0 Å². The second-order valence-corrected chi connectivity index (χ2v) is 6.36. The van der Waals surface area contributed by atoms with Gasteiger partial charge in [0.25, 0.3) is 10.2 Å². The van der Waals surface area contributed by atoms with Crippen LogP contribution in [-0.2, 0) is 19.7 Å². The number of carbonyl (C=O) groups is 1. The highest BCUT2D eigenvalue weighted by atomic mass is 32.2. The second kappa shape index (κ2) is 7.48. The number of hydrogen-bond donors (Lipinski definition) is 1. The molecule has 0 radical (unpaired) electrons. The van der Waals surface area contributed by atoms with Crippen molar-refractivity contribution < 1.29 is 22.3 Å². The third-order valence-electron chi connectivity index (χ3n) is 2.94. The Morgan fingerprint density at radius 1 is 1.48 bits per heavy atom. The number of nitrogens with zero attached hydrogens (tertiary/aromatic N) is 1. The van der Waals surface area contributed by atoms with Crippen molar-refractivity contribution in [3.8, 4) is 0 Å². The van der Waals surface area contributed by atoms with Crippen molar-refractivity contribution in [2.24, 2.45) is 0 Å². The van der Waals surface area contributed by atoms with Crippen LogP contribution < -0.4 is 4.72 Å². The van der Waals surface area contributed by atoms with Gasteiger partial charge in [0.05, 0.1) is 13.5 Å². The van der Waals surface area contributed by atoms with E-state index < -0.39 is 28.0 Å². The van der Waals surface area contributed by atoms with E-state index in [0.717, 1.165) is 4.31 Å². The van der Waals surface area contributed by atoms with E-state index in [9.17, 15) is 17.6 Å². The molecular weight excluding hydrogens is 299 g/mol. The summed E-state index contributed by atoms with van der Waals surface area (Å²) < 4.78 is 45.2. The lowest BCUT2D eigenvalue weighted by atomic mass is 10.1. The van der Waals surface area contributed by atoms with Gasteiger partial charge >= 0.3 is 5.97 Å². The molecule has 1 aromatic rings. The van der Waals surface area contributed by atoms with Crippen molar-refractivity contribution in [1.82, 2.24) is 9.03 Å². The molecule has 0 aliphatic rings. The van der Waals surface area contributed by atoms with E-state index in [1.807, 2.05) is 0 Å². The van der Waals surface area contributed by atoms with Gasteiger partial charge in [-0.25, -0.2) is 4.39 Å². The average molecular weight is 318 g/mol. The molecule has 0 aliphatic heterocycles. The lowest BCUT2D eigenvalue weighted by Crippen LogP contribution is -2.40. The first-order valence-corrected chi connectivity index (χ1v) is 7.76. The normalized spacial score (nSPS) is 13.2. The number of rotatable bonds is 7. The molecular formula is C13H19FN2O4S. The summed E-state index contributed by atoms with van der Waals surface area (Å²) in [5.41, 5.74) is 0.514. The highest BCUT2D eigenvalue weighted by Gasteiger charge is 2.21. The van der Waals surface area contributed by atoms with Crippen molar-refractivity contribution in [3.05, 3.63) is 35.6 Å². The Morgan fingerprint density at radius 2 is 2.14 bits per heavy atom. The van der Waals surface area contributed by atoms with Crippen LogP contribution in [0.15, 0.2) is 24.3 Å². The van der Waals surface area contributed by atoms with Crippen molar-refractivity contribution in [2.45, 2.75) is 19.4 Å². The van der Waals surface area contributed by atoms with Crippen LogP contribution >= 0.6 is 0 Å². The summed E-state index contributed by atoms with van der Waals surface area (Å²) in [4.78, 5) is 11.0. The topological polar surface area (TPSA) is 75.7 Å². The smallest absolute Gasteiger partial charge is 0.306 e. The standard InChI is InChI=1S/C13H19FN2O4S/c1-10(11-5-4-6-12(14)9-11)15-21(18,19)16(2)8-7-13(17)20-3/h4-6,9-10,15H,7-8H2,1-3H3/t10-/m1/s1. The van der Waals surface area contributed by atoms with Crippen molar-refractivity contribution in [2.75, 3.05) is 20.7 Å². The quantitative estimate of drug-likeness (QED) is 0.767. The van der Waals surface area contributed by atoms with E-state index in [-0.39, 0.29) is 13.0 Å². The summed E-state index contributed by atoms with van der Waals surface area (Å²) in [5, 5.41) is 0. The molecule has 0 spiro atoms. The molecule has 0 aromatic heterocycles. The summed E-state index contributed by atoms with van der Waals surface area (Å²) in [6.45, 7) is 1.61. The molecule has 0 amide bonds. The van der Waals surface area contributed by atoms with Gasteiger partial charge < -0.3 is 4.74 Å².